The summed E-state index contributed by atoms with van der Waals surface area (Å²) in [5.41, 5.74) is 0. The first-order valence-corrected chi connectivity index (χ1v) is 8.70. The van der Waals surface area contributed by atoms with Crippen LogP contribution in [0.15, 0.2) is 0 Å². The molecule has 1 heterocycles. The summed E-state index contributed by atoms with van der Waals surface area (Å²) in [6.45, 7) is 16.4. The topological polar surface area (TPSA) is 61.4 Å². The summed E-state index contributed by atoms with van der Waals surface area (Å²) in [6.07, 6.45) is 2.54. The lowest BCUT2D eigenvalue weighted by Crippen LogP contribution is -2.34. The van der Waals surface area contributed by atoms with Crippen LogP contribution >= 0.6 is 0 Å². The molecule has 0 aliphatic carbocycles. The molecule has 0 aromatic rings. The molecule has 1 fully saturated rings. The van der Waals surface area contributed by atoms with Crippen molar-refractivity contribution in [2.24, 2.45) is 5.92 Å². The summed E-state index contributed by atoms with van der Waals surface area (Å²) in [5.74, 6) is 0.460. The molecule has 0 aromatic carbocycles. The zero-order valence-electron chi connectivity index (χ0n) is 15.9. The molecule has 22 heavy (non-hydrogen) atoms. The van der Waals surface area contributed by atoms with Gasteiger partial charge >= 0.3 is 0 Å². The van der Waals surface area contributed by atoms with Crippen molar-refractivity contribution in [3.05, 3.63) is 0 Å². The second-order valence-electron chi connectivity index (χ2n) is 4.48. The van der Waals surface area contributed by atoms with Gasteiger partial charge in [-0.1, -0.05) is 34.6 Å². The molecule has 1 aliphatic heterocycles. The minimum atomic E-state index is 0.200. The van der Waals surface area contributed by atoms with E-state index >= 15 is 0 Å². The van der Waals surface area contributed by atoms with Gasteiger partial charge in [0.15, 0.2) is 0 Å². The van der Waals surface area contributed by atoms with Crippen molar-refractivity contribution < 1.29 is 9.59 Å². The summed E-state index contributed by atoms with van der Waals surface area (Å²) in [4.78, 5) is 22.9. The molecular formula is C17H39N3O2. The van der Waals surface area contributed by atoms with Gasteiger partial charge in [-0.25, -0.2) is 0 Å². The molecule has 0 spiro atoms. The van der Waals surface area contributed by atoms with Crippen LogP contribution in [0.2, 0.25) is 0 Å². The number of hydrogen-bond donors (Lipinski definition) is 2. The van der Waals surface area contributed by atoms with Gasteiger partial charge in [-0.15, -0.1) is 0 Å². The summed E-state index contributed by atoms with van der Waals surface area (Å²) in [6, 6.07) is 0. The second-order valence-corrected chi connectivity index (χ2v) is 4.48. The Hall–Kier alpha value is -0.940. The predicted octanol–water partition coefficient (Wildman–Crippen LogP) is 2.31. The van der Waals surface area contributed by atoms with E-state index in [1.54, 1.807) is 11.8 Å². The van der Waals surface area contributed by atoms with E-state index in [9.17, 15) is 9.59 Å². The van der Waals surface area contributed by atoms with Crippen molar-refractivity contribution in [3.63, 3.8) is 0 Å². The van der Waals surface area contributed by atoms with E-state index in [2.05, 4.69) is 17.6 Å². The van der Waals surface area contributed by atoms with Crippen molar-refractivity contribution in [3.8, 4) is 0 Å². The third-order valence-electron chi connectivity index (χ3n) is 3.06. The van der Waals surface area contributed by atoms with Crippen LogP contribution in [0.4, 0.5) is 0 Å². The number of rotatable bonds is 6. The van der Waals surface area contributed by atoms with Crippen LogP contribution in [0.5, 0.6) is 0 Å². The average Bonchev–Trinajstić information content (AvgIpc) is 2.59. The van der Waals surface area contributed by atoms with Gasteiger partial charge in [0.1, 0.15) is 5.78 Å². The quantitative estimate of drug-likeness (QED) is 0.583. The fourth-order valence-corrected chi connectivity index (χ4v) is 1.80. The summed E-state index contributed by atoms with van der Waals surface area (Å²) in [5, 5.41) is 6.23. The Balaban J connectivity index is -0.000000285. The van der Waals surface area contributed by atoms with Gasteiger partial charge in [0.25, 0.3) is 0 Å². The number of piperidine rings is 1. The van der Waals surface area contributed by atoms with Crippen LogP contribution in [0.25, 0.3) is 0 Å². The van der Waals surface area contributed by atoms with E-state index in [-0.39, 0.29) is 11.7 Å². The van der Waals surface area contributed by atoms with Crippen LogP contribution < -0.4 is 10.6 Å². The van der Waals surface area contributed by atoms with Gasteiger partial charge in [0.05, 0.1) is 0 Å². The van der Waals surface area contributed by atoms with Gasteiger partial charge in [-0.05, 0) is 33.4 Å². The number of nitrogens with one attached hydrogen (secondary N) is 2. The van der Waals surface area contributed by atoms with Gasteiger partial charge in [0, 0.05) is 32.1 Å². The summed E-state index contributed by atoms with van der Waals surface area (Å²) >= 11 is 0. The molecule has 0 unspecified atom stereocenters. The maximum atomic E-state index is 10.9. The highest BCUT2D eigenvalue weighted by atomic mass is 16.1. The smallest absolute Gasteiger partial charge is 0.209 e. The fourth-order valence-electron chi connectivity index (χ4n) is 1.80. The Labute approximate surface area is 138 Å². The number of hydrogen-bond acceptors (Lipinski definition) is 4. The predicted molar refractivity (Wildman–Crippen MR) is 96.2 cm³/mol. The van der Waals surface area contributed by atoms with E-state index in [1.165, 1.54) is 0 Å². The zero-order valence-corrected chi connectivity index (χ0v) is 15.9. The Morgan fingerprint density at radius 2 is 1.64 bits per heavy atom. The van der Waals surface area contributed by atoms with Gasteiger partial charge < -0.3 is 15.5 Å². The number of carbonyl (C=O) groups excluding carboxylic acids is 2. The number of likely N-dealkylation sites (tertiary alicyclic amines) is 1. The standard InChI is InChI=1S/C8H13NO2.C5H14N2.2C2H6/c1-7(11)8-2-4-9(6-10)5-3-8;1-3-7-5-4-6-2;2*1-2/h6,8H,2-5H2,1H3;6-7H,3-5H2,1-2H3;2*1-2H3. The maximum absolute atomic E-state index is 10.9. The molecule has 134 valence electrons. The van der Waals surface area contributed by atoms with E-state index in [1.807, 2.05) is 34.7 Å². The highest BCUT2D eigenvalue weighted by Gasteiger charge is 2.20. The van der Waals surface area contributed by atoms with Crippen molar-refractivity contribution in [2.75, 3.05) is 39.8 Å². The first-order valence-electron chi connectivity index (χ1n) is 8.70. The first-order chi connectivity index (χ1) is 10.7. The molecule has 5 heteroatoms. The third-order valence-corrected chi connectivity index (χ3v) is 3.06. The summed E-state index contributed by atoms with van der Waals surface area (Å²) in [7, 11) is 1.96. The molecule has 1 saturated heterocycles. The molecular weight excluding hydrogens is 278 g/mol. The lowest BCUT2D eigenvalue weighted by atomic mass is 9.94. The molecule has 1 rings (SSSR count). The monoisotopic (exact) mass is 317 g/mol. The number of Topliss-reactive ketones (excluding diaryl/α,β-unsaturated/α-hetero) is 1. The SMILES string of the molecule is CC.CC.CC(=O)C1CCN(C=O)CC1.CCNCCNC. The van der Waals surface area contributed by atoms with Crippen LogP contribution in [0.1, 0.15) is 54.4 Å². The van der Waals surface area contributed by atoms with Crippen molar-refractivity contribution >= 4 is 12.2 Å². The lowest BCUT2D eigenvalue weighted by molar-refractivity contribution is -0.125. The van der Waals surface area contributed by atoms with Crippen molar-refractivity contribution in [2.45, 2.75) is 54.4 Å². The van der Waals surface area contributed by atoms with Crippen LogP contribution in [-0.2, 0) is 9.59 Å². The van der Waals surface area contributed by atoms with E-state index in [4.69, 9.17) is 0 Å². The highest BCUT2D eigenvalue weighted by Crippen LogP contribution is 2.16. The number of carbonyl (C=O) groups is 2. The number of nitrogens with zero attached hydrogens (tertiary/aromatic N) is 1. The maximum Gasteiger partial charge on any atom is 0.209 e. The van der Waals surface area contributed by atoms with Crippen molar-refractivity contribution in [1.29, 1.82) is 0 Å². The van der Waals surface area contributed by atoms with E-state index in [0.29, 0.717) is 0 Å². The second kappa shape index (κ2) is 22.3. The van der Waals surface area contributed by atoms with Crippen molar-refractivity contribution in [1.82, 2.24) is 15.5 Å². The van der Waals surface area contributed by atoms with Gasteiger partial charge in [-0.3, -0.25) is 9.59 Å². The Morgan fingerprint density at radius 3 is 1.95 bits per heavy atom. The minimum Gasteiger partial charge on any atom is -0.345 e. The third kappa shape index (κ3) is 17.1. The molecule has 0 atom stereocenters. The van der Waals surface area contributed by atoms with Crippen LogP contribution in [0, 0.1) is 5.92 Å². The lowest BCUT2D eigenvalue weighted by Gasteiger charge is -2.27. The highest BCUT2D eigenvalue weighted by molar-refractivity contribution is 5.78. The molecule has 1 aliphatic rings. The van der Waals surface area contributed by atoms with Crippen LogP contribution in [0.3, 0.4) is 0 Å². The summed E-state index contributed by atoms with van der Waals surface area (Å²) < 4.78 is 0. The largest absolute Gasteiger partial charge is 0.345 e. The normalized spacial score (nSPS) is 13.5. The number of amides is 1. The number of likely N-dealkylation sites (N-methyl/N-ethyl adjacent to an activating group) is 2. The number of ketones is 1. The molecule has 0 radical (unpaired) electrons. The zero-order chi connectivity index (χ0) is 17.8. The average molecular weight is 318 g/mol. The van der Waals surface area contributed by atoms with E-state index < -0.39 is 0 Å². The molecule has 2 N–H and O–H groups in total. The minimum absolute atomic E-state index is 0.200. The Bertz CT molecular complexity index is 224. The molecule has 0 saturated carbocycles. The Kier molecular flexibility index (Phi) is 26.4. The van der Waals surface area contributed by atoms with Crippen LogP contribution in [-0.4, -0.2) is 56.9 Å². The van der Waals surface area contributed by atoms with Gasteiger partial charge in [-0.2, -0.15) is 0 Å². The van der Waals surface area contributed by atoms with Gasteiger partial charge in [0.2, 0.25) is 6.41 Å². The molecule has 1 amide bonds. The molecule has 0 aromatic heterocycles. The first kappa shape index (κ1) is 26.0. The molecule has 5 nitrogen and oxygen atoms in total. The molecule has 0 bridgehead atoms. The Morgan fingerprint density at radius 1 is 1.14 bits per heavy atom. The fraction of sp³-hybridized carbons (Fsp3) is 0.882. The van der Waals surface area contributed by atoms with E-state index in [0.717, 1.165) is 52.0 Å².